The van der Waals surface area contributed by atoms with E-state index in [-0.39, 0.29) is 106 Å². The van der Waals surface area contributed by atoms with Gasteiger partial charge in [0.05, 0.1) is 46.0 Å². The zero-order chi connectivity index (χ0) is 32.5. The molecular formula is C21H18N3Na3O15S4. The Kier molecular flexibility index (Phi) is 17.0. The van der Waals surface area contributed by atoms with Crippen LogP contribution in [-0.2, 0) is 49.5 Å². The van der Waals surface area contributed by atoms with Crippen LogP contribution in [0.15, 0.2) is 61.3 Å². The van der Waals surface area contributed by atoms with Gasteiger partial charge in [-0.25, -0.2) is 33.7 Å². The number of ether oxygens (including phenoxy) is 1. The van der Waals surface area contributed by atoms with Crippen LogP contribution in [0.4, 0.5) is 17.1 Å². The summed E-state index contributed by atoms with van der Waals surface area (Å²) in [6.07, 6.45) is 0. The molecule has 18 nitrogen and oxygen atoms in total. The summed E-state index contributed by atoms with van der Waals surface area (Å²) in [5.74, 6) is -3.20. The van der Waals surface area contributed by atoms with Gasteiger partial charge in [0, 0.05) is 12.3 Å². The van der Waals surface area contributed by atoms with Crippen molar-refractivity contribution in [1.82, 2.24) is 0 Å². The summed E-state index contributed by atoms with van der Waals surface area (Å²) in [6, 6.07) is 5.08. The Labute approximate surface area is 329 Å². The number of amides is 1. The number of rotatable bonds is 11. The number of hydrogen-bond donors (Lipinski definition) is 2. The number of fused-ring (bicyclic) bond motifs is 1. The van der Waals surface area contributed by atoms with Crippen molar-refractivity contribution in [2.24, 2.45) is 10.2 Å². The molecule has 0 saturated heterocycles. The van der Waals surface area contributed by atoms with Gasteiger partial charge in [0.15, 0.2) is 15.6 Å². The van der Waals surface area contributed by atoms with E-state index in [0.29, 0.717) is 12.1 Å². The molecule has 0 aliphatic heterocycles. The summed E-state index contributed by atoms with van der Waals surface area (Å²) in [4.78, 5) is 8.71. The first-order valence-corrected chi connectivity index (χ1v) is 16.9. The van der Waals surface area contributed by atoms with Gasteiger partial charge in [-0.2, -0.15) is 5.11 Å². The van der Waals surface area contributed by atoms with Gasteiger partial charge in [-0.05, 0) is 36.4 Å². The van der Waals surface area contributed by atoms with E-state index >= 15 is 0 Å². The number of phenols is 1. The number of benzene rings is 3. The number of methoxy groups -OCH3 is 1. The molecule has 3 aromatic carbocycles. The minimum atomic E-state index is -5.57. The zero-order valence-electron chi connectivity index (χ0n) is 24.6. The van der Waals surface area contributed by atoms with E-state index in [4.69, 9.17) is 4.74 Å². The van der Waals surface area contributed by atoms with Crippen LogP contribution < -0.4 is 98.7 Å². The Bertz CT molecular complexity index is 2110. The van der Waals surface area contributed by atoms with Crippen molar-refractivity contribution in [3.05, 3.63) is 36.4 Å². The maximum absolute atomic E-state index is 12.7. The fourth-order valence-electron chi connectivity index (χ4n) is 3.67. The second kappa shape index (κ2) is 17.2. The number of hydrogen-bond acceptors (Lipinski definition) is 17. The van der Waals surface area contributed by atoms with Crippen molar-refractivity contribution < 1.29 is 155 Å². The Morgan fingerprint density at radius 1 is 0.848 bits per heavy atom. The Hall–Kier alpha value is -0.770. The molecule has 0 radical (unpaired) electrons. The largest absolute Gasteiger partial charge is 1.00 e. The molecule has 0 heterocycles. The Morgan fingerprint density at radius 3 is 1.93 bits per heavy atom. The van der Waals surface area contributed by atoms with Crippen molar-refractivity contribution in [3.63, 3.8) is 0 Å². The molecule has 0 saturated carbocycles. The van der Waals surface area contributed by atoms with Gasteiger partial charge in [0.1, 0.15) is 36.6 Å². The molecule has 234 valence electrons. The van der Waals surface area contributed by atoms with Gasteiger partial charge in [0.25, 0.3) is 0 Å². The van der Waals surface area contributed by atoms with Gasteiger partial charge in [-0.15, -0.1) is 5.11 Å². The average molecular weight is 750 g/mol. The number of aromatic hydroxyl groups is 1. The fourth-order valence-corrected chi connectivity index (χ4v) is 6.64. The van der Waals surface area contributed by atoms with E-state index in [2.05, 4.69) is 19.7 Å². The second-order valence-electron chi connectivity index (χ2n) is 8.28. The van der Waals surface area contributed by atoms with Crippen LogP contribution in [0.2, 0.25) is 0 Å². The van der Waals surface area contributed by atoms with E-state index in [1.165, 1.54) is 0 Å². The van der Waals surface area contributed by atoms with Crippen LogP contribution in [0, 0.1) is 0 Å². The van der Waals surface area contributed by atoms with Crippen LogP contribution in [0.5, 0.6) is 11.5 Å². The quantitative estimate of drug-likeness (QED) is 0.0796. The summed E-state index contributed by atoms with van der Waals surface area (Å²) < 4.78 is 138. The molecule has 0 unspecified atom stereocenters. The normalized spacial score (nSPS) is 12.1. The molecule has 0 aliphatic carbocycles. The number of carbonyl (C=O) groups is 1. The molecule has 25 heteroatoms. The first kappa shape index (κ1) is 45.2. The molecule has 1 amide bonds. The molecule has 0 atom stereocenters. The first-order valence-electron chi connectivity index (χ1n) is 11.1. The molecule has 3 aromatic rings. The fraction of sp³-hybridized carbons (Fsp3) is 0.190. The van der Waals surface area contributed by atoms with Crippen molar-refractivity contribution in [1.29, 1.82) is 0 Å². The summed E-state index contributed by atoms with van der Waals surface area (Å²) in [5, 5.41) is 19.1. The van der Waals surface area contributed by atoms with E-state index in [0.717, 1.165) is 38.3 Å². The van der Waals surface area contributed by atoms with Crippen LogP contribution in [0.3, 0.4) is 0 Å². The third kappa shape index (κ3) is 11.4. The molecule has 0 aliphatic rings. The number of anilines is 1. The molecule has 0 spiro atoms. The maximum Gasteiger partial charge on any atom is 1.00 e. The molecule has 46 heavy (non-hydrogen) atoms. The molecule has 0 fully saturated rings. The molecular weight excluding hydrogens is 731 g/mol. The van der Waals surface area contributed by atoms with Crippen LogP contribution in [-0.4, -0.2) is 77.8 Å². The number of nitrogens with zero attached hydrogens (tertiary/aromatic N) is 2. The van der Waals surface area contributed by atoms with Crippen LogP contribution >= 0.6 is 0 Å². The number of carbonyl (C=O) groups excluding carboxylic acids is 1. The smallest absolute Gasteiger partial charge is 0.744 e. The SMILES string of the molecule is COc1ccc(N=Nc2c(S(=O)(=O)[O-])cc3c(S(=O)(=O)[O-])ccc(NC(C)=O)c3c2O)cc1S(=O)(=O)CCOS(=O)(=O)[O-].[Na+].[Na+].[Na+]. The van der Waals surface area contributed by atoms with Gasteiger partial charge >= 0.3 is 88.7 Å². The Balaban J connectivity index is 0.00000675. The number of phenolic OH excluding ortho intramolecular Hbond substituents is 1. The van der Waals surface area contributed by atoms with E-state index < -0.39 is 95.6 Å². The van der Waals surface area contributed by atoms with E-state index in [9.17, 15) is 57.2 Å². The van der Waals surface area contributed by atoms with Gasteiger partial charge < -0.3 is 28.8 Å². The van der Waals surface area contributed by atoms with Gasteiger partial charge in [0.2, 0.25) is 16.3 Å². The van der Waals surface area contributed by atoms with Gasteiger partial charge in [-0.1, -0.05) is 0 Å². The van der Waals surface area contributed by atoms with Crippen molar-refractivity contribution in [2.75, 3.05) is 24.8 Å². The van der Waals surface area contributed by atoms with Crippen molar-refractivity contribution in [3.8, 4) is 11.5 Å². The first-order chi connectivity index (χ1) is 19.7. The minimum Gasteiger partial charge on any atom is -0.744 e. The van der Waals surface area contributed by atoms with Crippen molar-refractivity contribution in [2.45, 2.75) is 21.6 Å². The topological polar surface area (TPSA) is 298 Å². The summed E-state index contributed by atoms with van der Waals surface area (Å²) in [5.41, 5.74) is -1.73. The predicted molar refractivity (Wildman–Crippen MR) is 141 cm³/mol. The van der Waals surface area contributed by atoms with E-state index in [1.54, 1.807) is 0 Å². The third-order valence-electron chi connectivity index (χ3n) is 5.35. The predicted octanol–water partition coefficient (Wildman–Crippen LogP) is -8.00. The van der Waals surface area contributed by atoms with E-state index in [1.807, 2.05) is 0 Å². The molecule has 2 N–H and O–H groups in total. The number of nitrogens with one attached hydrogen (secondary N) is 1. The summed E-state index contributed by atoms with van der Waals surface area (Å²) >= 11 is 0. The molecule has 0 aromatic heterocycles. The Morgan fingerprint density at radius 2 is 1.43 bits per heavy atom. The average Bonchev–Trinajstić information content (AvgIpc) is 2.85. The van der Waals surface area contributed by atoms with Crippen molar-refractivity contribution >= 4 is 74.2 Å². The summed E-state index contributed by atoms with van der Waals surface area (Å²) in [6.45, 7) is -0.00423. The maximum atomic E-state index is 12.7. The van der Waals surface area contributed by atoms with Gasteiger partial charge in [-0.3, -0.25) is 8.98 Å². The zero-order valence-corrected chi connectivity index (χ0v) is 33.8. The summed E-state index contributed by atoms with van der Waals surface area (Å²) in [7, 11) is -19.4. The number of azo groups is 1. The third-order valence-corrected chi connectivity index (χ3v) is 9.25. The molecule has 3 rings (SSSR count). The molecule has 0 bridgehead atoms. The standard InChI is InChI=1S/C21H21N3O15S4.3Na/c1-11(25)22-14-4-6-16(41(29,30)31)13-10-18(42(32,33)34)20(21(26)19(13)14)24-23-12-3-5-15(38-2)17(9-12)40(27,28)8-7-39-43(35,36)37;;;/h3-6,9-10,26H,7-8H2,1-2H3,(H,22,25)(H,29,30,31)(H,32,33,34)(H,35,36,37);;;/q;3*+1/p-3. The monoisotopic (exact) mass is 749 g/mol. The van der Waals surface area contributed by atoms with Crippen LogP contribution in [0.25, 0.3) is 10.8 Å². The second-order valence-corrected chi connectivity index (χ2v) is 14.1. The minimum absolute atomic E-state index is 0. The number of sulfone groups is 1. The van der Waals surface area contributed by atoms with Crippen LogP contribution in [0.1, 0.15) is 6.92 Å².